The summed E-state index contributed by atoms with van der Waals surface area (Å²) in [5.74, 6) is 0.461. The van der Waals surface area contributed by atoms with Gasteiger partial charge in [0.05, 0.1) is 33.8 Å². The number of aromatic nitrogens is 1. The molecule has 0 aliphatic carbocycles. The minimum atomic E-state index is -0.383. The van der Waals surface area contributed by atoms with Gasteiger partial charge in [-0.25, -0.2) is 4.98 Å². The van der Waals surface area contributed by atoms with E-state index in [-0.39, 0.29) is 12.0 Å². The zero-order chi connectivity index (χ0) is 17.5. The number of hydrogen-bond donors (Lipinski definition) is 1. The number of quaternary nitrogens is 1. The number of nitrogens with zero attached hydrogens (tertiary/aromatic N) is 3. The fourth-order valence-corrected chi connectivity index (χ4v) is 3.22. The first-order valence-corrected chi connectivity index (χ1v) is 8.68. The molecule has 5 nitrogen and oxygen atoms in total. The summed E-state index contributed by atoms with van der Waals surface area (Å²) in [6.07, 6.45) is 1.72. The summed E-state index contributed by atoms with van der Waals surface area (Å²) < 4.78 is 5.31. The fraction of sp³-hybridized carbons (Fsp3) is 0.389. The van der Waals surface area contributed by atoms with Crippen LogP contribution in [0.2, 0.25) is 0 Å². The zero-order valence-electron chi connectivity index (χ0n) is 14.5. The highest BCUT2D eigenvalue weighted by Crippen LogP contribution is 2.20. The lowest BCUT2D eigenvalue weighted by Crippen LogP contribution is -3.06. The van der Waals surface area contributed by atoms with Crippen molar-refractivity contribution in [3.8, 4) is 11.8 Å². The van der Waals surface area contributed by atoms with E-state index in [1.54, 1.807) is 13.3 Å². The molecule has 6 heteroatoms. The first kappa shape index (κ1) is 18.1. The average Bonchev–Trinajstić information content (AvgIpc) is 3.01. The Kier molecular flexibility index (Phi) is 6.47. The lowest BCUT2D eigenvalue weighted by Gasteiger charge is -2.20. The number of hydrogen-bond acceptors (Lipinski definition) is 5. The van der Waals surface area contributed by atoms with E-state index < -0.39 is 0 Å². The number of nitriles is 1. The maximum atomic E-state index is 9.35. The Morgan fingerprint density at radius 3 is 2.83 bits per heavy atom. The Labute approximate surface area is 147 Å². The molecule has 2 rings (SSSR count). The summed E-state index contributed by atoms with van der Waals surface area (Å²) >= 11 is 1.50. The molecule has 24 heavy (non-hydrogen) atoms. The Bertz CT molecular complexity index is 733. The van der Waals surface area contributed by atoms with Crippen LogP contribution in [0.5, 0.6) is 5.75 Å². The van der Waals surface area contributed by atoms with Crippen molar-refractivity contribution in [2.75, 3.05) is 27.7 Å². The topological polar surface area (TPSA) is 62.7 Å². The molecule has 126 valence electrons. The SMILES string of the molecule is COc1cccc([C@H](CN=C[C@H](C#N)c2nc(C)cs2)[NH+](C)C)c1. The van der Waals surface area contributed by atoms with E-state index in [1.165, 1.54) is 21.8 Å². The van der Waals surface area contributed by atoms with E-state index in [2.05, 4.69) is 36.2 Å². The largest absolute Gasteiger partial charge is 0.497 e. The summed E-state index contributed by atoms with van der Waals surface area (Å²) in [6, 6.07) is 10.5. The molecule has 0 unspecified atom stereocenters. The number of aryl methyl sites for hydroxylation is 1. The van der Waals surface area contributed by atoms with E-state index in [4.69, 9.17) is 4.74 Å². The Morgan fingerprint density at radius 2 is 2.25 bits per heavy atom. The van der Waals surface area contributed by atoms with Crippen LogP contribution in [0.3, 0.4) is 0 Å². The van der Waals surface area contributed by atoms with E-state index in [0.717, 1.165) is 16.5 Å². The molecule has 1 heterocycles. The van der Waals surface area contributed by atoms with Gasteiger partial charge in [0, 0.05) is 22.9 Å². The lowest BCUT2D eigenvalue weighted by molar-refractivity contribution is -0.890. The van der Waals surface area contributed by atoms with Crippen LogP contribution in [-0.4, -0.2) is 38.9 Å². The molecular weight excluding hydrogens is 320 g/mol. The van der Waals surface area contributed by atoms with Crippen LogP contribution in [0.25, 0.3) is 0 Å². The van der Waals surface area contributed by atoms with Crippen molar-refractivity contribution in [3.05, 3.63) is 45.9 Å². The molecule has 2 aromatic rings. The minimum Gasteiger partial charge on any atom is -0.497 e. The van der Waals surface area contributed by atoms with Gasteiger partial charge < -0.3 is 9.64 Å². The normalized spacial score (nSPS) is 13.8. The number of ether oxygens (including phenoxy) is 1. The summed E-state index contributed by atoms with van der Waals surface area (Å²) in [5, 5.41) is 12.1. The highest BCUT2D eigenvalue weighted by Gasteiger charge is 2.18. The Balaban J connectivity index is 2.12. The predicted molar refractivity (Wildman–Crippen MR) is 97.1 cm³/mol. The van der Waals surface area contributed by atoms with Crippen LogP contribution >= 0.6 is 11.3 Å². The second kappa shape index (κ2) is 8.57. The number of thiazole rings is 1. The van der Waals surface area contributed by atoms with Gasteiger partial charge in [-0.2, -0.15) is 5.26 Å². The van der Waals surface area contributed by atoms with Gasteiger partial charge in [0.2, 0.25) is 0 Å². The number of methoxy groups -OCH3 is 1. The number of nitrogens with one attached hydrogen (secondary N) is 1. The van der Waals surface area contributed by atoms with Crippen LogP contribution < -0.4 is 9.64 Å². The molecule has 1 aromatic heterocycles. The third kappa shape index (κ3) is 4.63. The Morgan fingerprint density at radius 1 is 1.46 bits per heavy atom. The van der Waals surface area contributed by atoms with Crippen LogP contribution in [0.15, 0.2) is 34.6 Å². The summed E-state index contributed by atoms with van der Waals surface area (Å²) in [6.45, 7) is 2.54. The second-order valence-corrected chi connectivity index (χ2v) is 6.74. The quantitative estimate of drug-likeness (QED) is 0.783. The molecule has 0 radical (unpaired) electrons. The first-order valence-electron chi connectivity index (χ1n) is 7.80. The van der Waals surface area contributed by atoms with Crippen molar-refractivity contribution in [2.45, 2.75) is 18.9 Å². The molecule has 1 N–H and O–H groups in total. The first-order chi connectivity index (χ1) is 11.5. The highest BCUT2D eigenvalue weighted by molar-refractivity contribution is 7.09. The van der Waals surface area contributed by atoms with Crippen molar-refractivity contribution in [1.29, 1.82) is 5.26 Å². The van der Waals surface area contributed by atoms with E-state index in [1.807, 2.05) is 30.5 Å². The van der Waals surface area contributed by atoms with Gasteiger partial charge in [-0.05, 0) is 19.1 Å². The number of likely N-dealkylation sites (N-methyl/N-ethyl adjacent to an activating group) is 1. The molecule has 0 saturated carbocycles. The molecule has 0 fully saturated rings. The van der Waals surface area contributed by atoms with Gasteiger partial charge in [-0.1, -0.05) is 12.1 Å². The number of benzene rings is 1. The fourth-order valence-electron chi connectivity index (χ4n) is 2.42. The van der Waals surface area contributed by atoms with Gasteiger partial charge in [0.25, 0.3) is 0 Å². The molecule has 0 aliphatic rings. The monoisotopic (exact) mass is 343 g/mol. The van der Waals surface area contributed by atoms with Crippen molar-refractivity contribution < 1.29 is 9.64 Å². The van der Waals surface area contributed by atoms with E-state index >= 15 is 0 Å². The van der Waals surface area contributed by atoms with E-state index in [0.29, 0.717) is 6.54 Å². The molecule has 1 aromatic carbocycles. The van der Waals surface area contributed by atoms with Crippen molar-refractivity contribution in [2.24, 2.45) is 4.99 Å². The van der Waals surface area contributed by atoms with Crippen LogP contribution in [0, 0.1) is 18.3 Å². The lowest BCUT2D eigenvalue weighted by atomic mass is 10.1. The molecule has 0 aliphatic heterocycles. The van der Waals surface area contributed by atoms with Crippen LogP contribution in [-0.2, 0) is 0 Å². The van der Waals surface area contributed by atoms with Crippen LogP contribution in [0.1, 0.15) is 28.2 Å². The Hall–Kier alpha value is -2.23. The number of aliphatic imine (C=N–C) groups is 1. The van der Waals surface area contributed by atoms with Gasteiger partial charge >= 0.3 is 0 Å². The van der Waals surface area contributed by atoms with Crippen molar-refractivity contribution >= 4 is 17.6 Å². The molecule has 0 spiro atoms. The maximum absolute atomic E-state index is 9.35. The second-order valence-electron chi connectivity index (χ2n) is 5.85. The zero-order valence-corrected chi connectivity index (χ0v) is 15.3. The molecular formula is C18H23N4OS+. The van der Waals surface area contributed by atoms with Crippen molar-refractivity contribution in [3.63, 3.8) is 0 Å². The minimum absolute atomic E-state index is 0.203. The van der Waals surface area contributed by atoms with Crippen LogP contribution in [0.4, 0.5) is 0 Å². The molecule has 0 amide bonds. The molecule has 0 saturated heterocycles. The third-order valence-electron chi connectivity index (χ3n) is 3.78. The predicted octanol–water partition coefficient (Wildman–Crippen LogP) is 2.02. The smallest absolute Gasteiger partial charge is 0.133 e. The van der Waals surface area contributed by atoms with Gasteiger partial charge in [0.1, 0.15) is 22.7 Å². The van der Waals surface area contributed by atoms with Crippen molar-refractivity contribution in [1.82, 2.24) is 4.98 Å². The third-order valence-corrected chi connectivity index (χ3v) is 4.82. The summed E-state index contributed by atoms with van der Waals surface area (Å²) in [7, 11) is 5.87. The van der Waals surface area contributed by atoms with Gasteiger partial charge in [-0.15, -0.1) is 11.3 Å². The highest BCUT2D eigenvalue weighted by atomic mass is 32.1. The molecule has 0 bridgehead atoms. The number of rotatable bonds is 7. The summed E-state index contributed by atoms with van der Waals surface area (Å²) in [4.78, 5) is 10.2. The average molecular weight is 343 g/mol. The summed E-state index contributed by atoms with van der Waals surface area (Å²) in [5.41, 5.74) is 2.11. The van der Waals surface area contributed by atoms with Gasteiger partial charge in [-0.3, -0.25) is 4.99 Å². The van der Waals surface area contributed by atoms with Gasteiger partial charge in [0.15, 0.2) is 0 Å². The van der Waals surface area contributed by atoms with E-state index in [9.17, 15) is 5.26 Å². The standard InChI is InChI=1S/C18H22N4OS/c1-13-12-24-18(21-13)15(9-19)10-20-11-17(22(2)3)14-6-5-7-16(8-14)23-4/h5-8,10,12,15,17H,11H2,1-4H3/p+1/t15-,17-/m0/s1. The molecule has 2 atom stereocenters. The maximum Gasteiger partial charge on any atom is 0.133 e.